The molecule has 4 heteroatoms. The van der Waals surface area contributed by atoms with Gasteiger partial charge in [0.1, 0.15) is 0 Å². The van der Waals surface area contributed by atoms with E-state index in [4.69, 9.17) is 0 Å². The van der Waals surface area contributed by atoms with Crippen molar-refractivity contribution in [1.82, 2.24) is 5.32 Å². The molecule has 130 valence electrons. The van der Waals surface area contributed by atoms with Crippen LogP contribution in [0, 0.1) is 0 Å². The molecule has 0 saturated heterocycles. The molecule has 0 heterocycles. The van der Waals surface area contributed by atoms with Crippen LogP contribution in [0.1, 0.15) is 22.3 Å². The molecular formula is C22H18NO3-. The summed E-state index contributed by atoms with van der Waals surface area (Å²) in [6.07, 6.45) is 3.69. The predicted molar refractivity (Wildman–Crippen MR) is 100 cm³/mol. The highest BCUT2D eigenvalue weighted by Gasteiger charge is 2.14. The lowest BCUT2D eigenvalue weighted by Gasteiger charge is -2.18. The van der Waals surface area contributed by atoms with Gasteiger partial charge in [0, 0.05) is 5.56 Å². The summed E-state index contributed by atoms with van der Waals surface area (Å²) >= 11 is 0. The zero-order chi connectivity index (χ0) is 18.4. The maximum absolute atomic E-state index is 12.4. The Morgan fingerprint density at radius 1 is 0.923 bits per heavy atom. The van der Waals surface area contributed by atoms with Crippen LogP contribution >= 0.6 is 0 Å². The molecule has 0 aliphatic carbocycles. The molecule has 26 heavy (non-hydrogen) atoms. The van der Waals surface area contributed by atoms with Crippen molar-refractivity contribution in [1.29, 1.82) is 0 Å². The third kappa shape index (κ3) is 4.36. The number of hydrogen-bond acceptors (Lipinski definition) is 3. The van der Waals surface area contributed by atoms with Crippen molar-refractivity contribution in [2.24, 2.45) is 0 Å². The number of carbonyl (C=O) groups excluding carboxylic acids is 2. The van der Waals surface area contributed by atoms with Crippen LogP contribution in [-0.4, -0.2) is 17.9 Å². The second-order valence-electron chi connectivity index (χ2n) is 5.96. The van der Waals surface area contributed by atoms with Crippen LogP contribution in [0.5, 0.6) is 0 Å². The second-order valence-corrected chi connectivity index (χ2v) is 5.96. The summed E-state index contributed by atoms with van der Waals surface area (Å²) in [6, 6.07) is 21.4. The number of benzene rings is 3. The number of amides is 1. The first-order chi connectivity index (χ1) is 12.6. The fourth-order valence-corrected chi connectivity index (χ4v) is 2.69. The zero-order valence-corrected chi connectivity index (χ0v) is 14.1. The highest BCUT2D eigenvalue weighted by atomic mass is 16.4. The van der Waals surface area contributed by atoms with Gasteiger partial charge in [-0.3, -0.25) is 4.79 Å². The number of hydrogen-bond donors (Lipinski definition) is 1. The van der Waals surface area contributed by atoms with Crippen molar-refractivity contribution >= 4 is 28.7 Å². The number of carbonyl (C=O) groups is 2. The molecular weight excluding hydrogens is 326 g/mol. The molecule has 0 aliphatic heterocycles. The van der Waals surface area contributed by atoms with E-state index in [9.17, 15) is 14.7 Å². The van der Waals surface area contributed by atoms with E-state index in [1.54, 1.807) is 18.2 Å². The molecule has 3 rings (SSSR count). The molecule has 0 bridgehead atoms. The van der Waals surface area contributed by atoms with Crippen molar-refractivity contribution in [3.05, 3.63) is 90.0 Å². The van der Waals surface area contributed by atoms with Crippen molar-refractivity contribution in [2.45, 2.75) is 12.5 Å². The fourth-order valence-electron chi connectivity index (χ4n) is 2.69. The Hall–Kier alpha value is -3.40. The van der Waals surface area contributed by atoms with E-state index >= 15 is 0 Å². The summed E-state index contributed by atoms with van der Waals surface area (Å²) in [4.78, 5) is 23.8. The van der Waals surface area contributed by atoms with Gasteiger partial charge in [0.15, 0.2) is 0 Å². The molecule has 1 N–H and O–H groups in total. The second kappa shape index (κ2) is 8.12. The molecule has 0 aromatic heterocycles. The van der Waals surface area contributed by atoms with Gasteiger partial charge in [-0.1, -0.05) is 72.8 Å². The topological polar surface area (TPSA) is 69.2 Å². The Labute approximate surface area is 151 Å². The number of nitrogens with one attached hydrogen (secondary N) is 1. The summed E-state index contributed by atoms with van der Waals surface area (Å²) in [5, 5.41) is 15.8. The van der Waals surface area contributed by atoms with Crippen LogP contribution in [0.4, 0.5) is 0 Å². The monoisotopic (exact) mass is 344 g/mol. The van der Waals surface area contributed by atoms with Gasteiger partial charge in [0.2, 0.25) is 0 Å². The first kappa shape index (κ1) is 17.4. The highest BCUT2D eigenvalue weighted by molar-refractivity contribution is 6.00. The van der Waals surface area contributed by atoms with Crippen molar-refractivity contribution < 1.29 is 14.7 Å². The summed E-state index contributed by atoms with van der Waals surface area (Å²) < 4.78 is 0. The quantitative estimate of drug-likeness (QED) is 0.747. The molecule has 3 aromatic carbocycles. The summed E-state index contributed by atoms with van der Waals surface area (Å²) in [7, 11) is 0. The number of rotatable bonds is 6. The standard InChI is InChI=1S/C22H19NO3/c24-21(19-14-13-17-10-4-5-11-18(17)15-19)23-20(22(25)26)12-6-9-16-7-2-1-3-8-16/h1-11,13-15,20H,12H2,(H,23,24)(H,25,26)/p-1/b9-6+/t20-/m1/s1. The molecule has 4 nitrogen and oxygen atoms in total. The molecule has 0 saturated carbocycles. The first-order valence-corrected chi connectivity index (χ1v) is 8.35. The van der Waals surface area contributed by atoms with Crippen molar-refractivity contribution in [3.63, 3.8) is 0 Å². The van der Waals surface area contributed by atoms with E-state index in [-0.39, 0.29) is 6.42 Å². The Morgan fingerprint density at radius 2 is 1.62 bits per heavy atom. The van der Waals surface area contributed by atoms with Crippen LogP contribution in [0.2, 0.25) is 0 Å². The van der Waals surface area contributed by atoms with E-state index in [0.717, 1.165) is 16.3 Å². The SMILES string of the molecule is O=C(N[C@H](C/C=C/c1ccccc1)C(=O)[O-])c1ccc2ccccc2c1. The molecule has 0 radical (unpaired) electrons. The predicted octanol–water partition coefficient (Wildman–Crippen LogP) is 2.79. The average molecular weight is 344 g/mol. The summed E-state index contributed by atoms with van der Waals surface area (Å²) in [5.41, 5.74) is 1.38. The smallest absolute Gasteiger partial charge is 0.251 e. The van der Waals surface area contributed by atoms with E-state index in [1.807, 2.05) is 66.7 Å². The minimum absolute atomic E-state index is 0.149. The number of fused-ring (bicyclic) bond motifs is 1. The molecule has 0 fully saturated rings. The van der Waals surface area contributed by atoms with Crippen LogP contribution in [0.3, 0.4) is 0 Å². The average Bonchev–Trinajstić information content (AvgIpc) is 2.67. The van der Waals surface area contributed by atoms with E-state index in [2.05, 4.69) is 5.32 Å². The lowest BCUT2D eigenvalue weighted by molar-refractivity contribution is -0.308. The van der Waals surface area contributed by atoms with Crippen LogP contribution in [0.25, 0.3) is 16.8 Å². The Balaban J connectivity index is 1.69. The summed E-state index contributed by atoms with van der Waals surface area (Å²) in [6.45, 7) is 0. The van der Waals surface area contributed by atoms with Crippen molar-refractivity contribution in [3.8, 4) is 0 Å². The lowest BCUT2D eigenvalue weighted by Crippen LogP contribution is -2.47. The number of carboxylic acids is 1. The molecule has 0 aliphatic rings. The Kier molecular flexibility index (Phi) is 5.44. The van der Waals surface area contributed by atoms with E-state index in [1.165, 1.54) is 0 Å². The van der Waals surface area contributed by atoms with Gasteiger partial charge < -0.3 is 15.2 Å². The van der Waals surface area contributed by atoms with Gasteiger partial charge in [0.25, 0.3) is 5.91 Å². The van der Waals surface area contributed by atoms with E-state index in [0.29, 0.717) is 5.56 Å². The third-order valence-electron chi connectivity index (χ3n) is 4.08. The van der Waals surface area contributed by atoms with Gasteiger partial charge in [-0.05, 0) is 34.9 Å². The molecule has 0 spiro atoms. The van der Waals surface area contributed by atoms with Crippen molar-refractivity contribution in [2.75, 3.05) is 0 Å². The largest absolute Gasteiger partial charge is 0.548 e. The van der Waals surface area contributed by atoms with Crippen LogP contribution < -0.4 is 10.4 Å². The highest BCUT2D eigenvalue weighted by Crippen LogP contribution is 2.15. The van der Waals surface area contributed by atoms with Crippen LogP contribution in [-0.2, 0) is 4.79 Å². The normalized spacial score (nSPS) is 12.2. The Bertz CT molecular complexity index is 948. The molecule has 0 unspecified atom stereocenters. The van der Waals surface area contributed by atoms with Crippen LogP contribution in [0.15, 0.2) is 78.9 Å². The first-order valence-electron chi connectivity index (χ1n) is 8.35. The minimum Gasteiger partial charge on any atom is -0.548 e. The minimum atomic E-state index is -1.31. The number of carboxylic acid groups (broad SMARTS) is 1. The Morgan fingerprint density at radius 3 is 2.35 bits per heavy atom. The van der Waals surface area contributed by atoms with Gasteiger partial charge >= 0.3 is 0 Å². The van der Waals surface area contributed by atoms with Gasteiger partial charge in [-0.2, -0.15) is 0 Å². The van der Waals surface area contributed by atoms with Gasteiger partial charge in [-0.15, -0.1) is 0 Å². The van der Waals surface area contributed by atoms with Gasteiger partial charge in [0.05, 0.1) is 12.0 Å². The zero-order valence-electron chi connectivity index (χ0n) is 14.1. The lowest BCUT2D eigenvalue weighted by atomic mass is 10.1. The fraction of sp³-hybridized carbons (Fsp3) is 0.0909. The maximum atomic E-state index is 12.4. The summed E-state index contributed by atoms with van der Waals surface area (Å²) in [5.74, 6) is -1.74. The number of aliphatic carboxylic acids is 1. The molecule has 3 aromatic rings. The van der Waals surface area contributed by atoms with E-state index < -0.39 is 17.9 Å². The maximum Gasteiger partial charge on any atom is 0.251 e. The third-order valence-corrected chi connectivity index (χ3v) is 4.08. The molecule has 1 amide bonds. The molecule has 1 atom stereocenters. The van der Waals surface area contributed by atoms with Gasteiger partial charge in [-0.25, -0.2) is 0 Å².